The number of nitrogens with one attached hydrogen (secondary N) is 1. The van der Waals surface area contributed by atoms with Gasteiger partial charge in [0.15, 0.2) is 0 Å². The lowest BCUT2D eigenvalue weighted by Gasteiger charge is -2.19. The highest BCUT2D eigenvalue weighted by Gasteiger charge is 2.23. The number of amides is 1. The molecule has 5 nitrogen and oxygen atoms in total. The number of thiophene rings is 1. The smallest absolute Gasteiger partial charge is 0.262 e. The first-order valence-corrected chi connectivity index (χ1v) is 11.0. The second-order valence-corrected chi connectivity index (χ2v) is 8.69. The molecule has 1 atom stereocenters. The average molecular weight is 410 g/mol. The molecule has 6 heteroatoms. The van der Waals surface area contributed by atoms with E-state index in [4.69, 9.17) is 4.74 Å². The monoisotopic (exact) mass is 409 g/mol. The molecule has 3 aromatic rings. The predicted octanol–water partition coefficient (Wildman–Crippen LogP) is 4.67. The molecule has 0 radical (unpaired) electrons. The quantitative estimate of drug-likeness (QED) is 0.666. The standard InChI is InChI=1S/C23H27N3O2S/c1-26-14-13-24-22(26)21(16-9-11-18(28-2)12-10-16)25-23(27)20-15-17-7-5-3-4-6-8-19(17)29-20/h9-15,21H,3-8H2,1-2H3,(H,25,27)/t21-/m0/s1. The Hall–Kier alpha value is -2.60. The molecule has 0 saturated heterocycles. The number of rotatable bonds is 5. The molecule has 0 unspecified atom stereocenters. The van der Waals surface area contributed by atoms with Crippen LogP contribution in [0.4, 0.5) is 0 Å². The van der Waals surface area contributed by atoms with Crippen LogP contribution in [0, 0.1) is 0 Å². The summed E-state index contributed by atoms with van der Waals surface area (Å²) in [5, 5.41) is 3.22. The molecular weight excluding hydrogens is 382 g/mol. The van der Waals surface area contributed by atoms with Crippen molar-refractivity contribution in [2.75, 3.05) is 7.11 Å². The average Bonchev–Trinajstić information content (AvgIpc) is 3.32. The number of imidazole rings is 1. The lowest BCUT2D eigenvalue weighted by atomic mass is 9.99. The summed E-state index contributed by atoms with van der Waals surface area (Å²) in [6, 6.07) is 9.56. The number of aromatic nitrogens is 2. The first-order chi connectivity index (χ1) is 14.2. The van der Waals surface area contributed by atoms with Gasteiger partial charge in [0.25, 0.3) is 5.91 Å². The molecule has 0 spiro atoms. The number of ether oxygens (including phenoxy) is 1. The zero-order chi connectivity index (χ0) is 20.2. The maximum Gasteiger partial charge on any atom is 0.262 e. The Labute approximate surface area is 175 Å². The topological polar surface area (TPSA) is 56.1 Å². The Kier molecular flexibility index (Phi) is 6.00. The van der Waals surface area contributed by atoms with E-state index >= 15 is 0 Å². The lowest BCUT2D eigenvalue weighted by molar-refractivity contribution is 0.0945. The van der Waals surface area contributed by atoms with E-state index in [2.05, 4.69) is 16.4 Å². The highest BCUT2D eigenvalue weighted by Crippen LogP contribution is 2.30. The zero-order valence-corrected chi connectivity index (χ0v) is 17.8. The van der Waals surface area contributed by atoms with Gasteiger partial charge in [-0.1, -0.05) is 25.0 Å². The van der Waals surface area contributed by atoms with Crippen molar-refractivity contribution in [3.8, 4) is 5.75 Å². The van der Waals surface area contributed by atoms with Crippen LogP contribution in [0.25, 0.3) is 0 Å². The van der Waals surface area contributed by atoms with E-state index < -0.39 is 0 Å². The summed E-state index contributed by atoms with van der Waals surface area (Å²) >= 11 is 1.65. The van der Waals surface area contributed by atoms with Crippen LogP contribution in [-0.2, 0) is 19.9 Å². The molecule has 1 amide bonds. The molecule has 1 aliphatic carbocycles. The van der Waals surface area contributed by atoms with Gasteiger partial charge in [-0.15, -0.1) is 11.3 Å². The number of nitrogens with zero attached hydrogens (tertiary/aromatic N) is 2. The minimum Gasteiger partial charge on any atom is -0.497 e. The van der Waals surface area contributed by atoms with Crippen LogP contribution < -0.4 is 10.1 Å². The third-order valence-corrected chi connectivity index (χ3v) is 6.80. The number of aryl methyl sites for hydroxylation is 3. The fraction of sp³-hybridized carbons (Fsp3) is 0.391. The number of carbonyl (C=O) groups excluding carboxylic acids is 1. The summed E-state index contributed by atoms with van der Waals surface area (Å²) in [7, 11) is 3.60. The van der Waals surface area contributed by atoms with Crippen LogP contribution in [0.2, 0.25) is 0 Å². The van der Waals surface area contributed by atoms with E-state index in [-0.39, 0.29) is 11.9 Å². The van der Waals surface area contributed by atoms with Gasteiger partial charge < -0.3 is 14.6 Å². The number of fused-ring (bicyclic) bond motifs is 1. The van der Waals surface area contributed by atoms with Crippen molar-refractivity contribution >= 4 is 17.2 Å². The number of hydrogen-bond acceptors (Lipinski definition) is 4. The Morgan fingerprint density at radius 1 is 1.17 bits per heavy atom. The van der Waals surface area contributed by atoms with Crippen molar-refractivity contribution in [2.24, 2.45) is 7.05 Å². The zero-order valence-electron chi connectivity index (χ0n) is 17.0. The first kappa shape index (κ1) is 19.7. The van der Waals surface area contributed by atoms with Crippen LogP contribution >= 0.6 is 11.3 Å². The first-order valence-electron chi connectivity index (χ1n) is 10.2. The van der Waals surface area contributed by atoms with Crippen molar-refractivity contribution in [1.82, 2.24) is 14.9 Å². The number of methoxy groups -OCH3 is 1. The Morgan fingerprint density at radius 3 is 2.62 bits per heavy atom. The molecule has 2 heterocycles. The molecule has 29 heavy (non-hydrogen) atoms. The van der Waals surface area contributed by atoms with Gasteiger partial charge in [0.05, 0.1) is 12.0 Å². The Balaban J connectivity index is 1.61. The van der Waals surface area contributed by atoms with Gasteiger partial charge in [-0.2, -0.15) is 0 Å². The second-order valence-electron chi connectivity index (χ2n) is 7.55. The summed E-state index contributed by atoms with van der Waals surface area (Å²) in [5.41, 5.74) is 2.33. The van der Waals surface area contributed by atoms with E-state index in [1.807, 2.05) is 42.1 Å². The van der Waals surface area contributed by atoms with E-state index in [0.29, 0.717) is 0 Å². The fourth-order valence-corrected chi connectivity index (χ4v) is 5.06. The molecule has 0 fully saturated rings. The number of carbonyl (C=O) groups is 1. The third kappa shape index (κ3) is 4.37. The number of hydrogen-bond donors (Lipinski definition) is 1. The van der Waals surface area contributed by atoms with Gasteiger partial charge in [0.1, 0.15) is 17.6 Å². The van der Waals surface area contributed by atoms with Gasteiger partial charge >= 0.3 is 0 Å². The molecule has 4 rings (SSSR count). The van der Waals surface area contributed by atoms with Crippen LogP contribution in [0.1, 0.15) is 63.2 Å². The Bertz CT molecular complexity index is 949. The molecule has 0 aliphatic heterocycles. The molecule has 1 N–H and O–H groups in total. The van der Waals surface area contributed by atoms with E-state index in [0.717, 1.165) is 34.9 Å². The molecule has 1 aromatic carbocycles. The largest absolute Gasteiger partial charge is 0.497 e. The molecule has 0 bridgehead atoms. The Morgan fingerprint density at radius 2 is 1.93 bits per heavy atom. The second kappa shape index (κ2) is 8.82. The van der Waals surface area contributed by atoms with Crippen LogP contribution in [0.3, 0.4) is 0 Å². The normalized spacial score (nSPS) is 15.1. The molecule has 2 aromatic heterocycles. The minimum atomic E-state index is -0.321. The summed E-state index contributed by atoms with van der Waals surface area (Å²) in [4.78, 5) is 19.9. The molecule has 0 saturated carbocycles. The number of benzene rings is 1. The van der Waals surface area contributed by atoms with Crippen molar-refractivity contribution in [3.05, 3.63) is 69.4 Å². The highest BCUT2D eigenvalue weighted by molar-refractivity contribution is 7.14. The van der Waals surface area contributed by atoms with E-state index in [1.165, 1.54) is 36.1 Å². The molecule has 1 aliphatic rings. The van der Waals surface area contributed by atoms with Crippen molar-refractivity contribution < 1.29 is 9.53 Å². The van der Waals surface area contributed by atoms with E-state index in [1.54, 1.807) is 24.6 Å². The minimum absolute atomic E-state index is 0.0365. The summed E-state index contributed by atoms with van der Waals surface area (Å²) < 4.78 is 7.22. The third-order valence-electron chi connectivity index (χ3n) is 5.56. The van der Waals surface area contributed by atoms with E-state index in [9.17, 15) is 4.79 Å². The fourth-order valence-electron chi connectivity index (χ4n) is 3.91. The van der Waals surface area contributed by atoms with Crippen LogP contribution in [-0.4, -0.2) is 22.6 Å². The predicted molar refractivity (Wildman–Crippen MR) is 116 cm³/mol. The maximum atomic E-state index is 13.2. The summed E-state index contributed by atoms with van der Waals surface area (Å²) in [5.74, 6) is 1.56. The van der Waals surface area contributed by atoms with Crippen molar-refractivity contribution in [3.63, 3.8) is 0 Å². The van der Waals surface area contributed by atoms with Crippen molar-refractivity contribution in [2.45, 2.75) is 44.6 Å². The summed E-state index contributed by atoms with van der Waals surface area (Å²) in [6.45, 7) is 0. The van der Waals surface area contributed by atoms with Gasteiger partial charge in [0, 0.05) is 24.3 Å². The SMILES string of the molecule is COc1ccc([C@H](NC(=O)c2cc3c(s2)CCCCCC3)c2nccn2C)cc1. The maximum absolute atomic E-state index is 13.2. The van der Waals surface area contributed by atoms with Crippen molar-refractivity contribution in [1.29, 1.82) is 0 Å². The van der Waals surface area contributed by atoms with Crippen LogP contribution in [0.15, 0.2) is 42.7 Å². The molecule has 152 valence electrons. The van der Waals surface area contributed by atoms with Crippen LogP contribution in [0.5, 0.6) is 5.75 Å². The van der Waals surface area contributed by atoms with Gasteiger partial charge in [-0.25, -0.2) is 4.98 Å². The van der Waals surface area contributed by atoms with Gasteiger partial charge in [-0.3, -0.25) is 4.79 Å². The van der Waals surface area contributed by atoms with Gasteiger partial charge in [-0.05, 0) is 55.0 Å². The summed E-state index contributed by atoms with van der Waals surface area (Å²) in [6.07, 6.45) is 10.8. The molecular formula is C23H27N3O2S. The highest BCUT2D eigenvalue weighted by atomic mass is 32.1. The van der Waals surface area contributed by atoms with Gasteiger partial charge in [0.2, 0.25) is 0 Å². The lowest BCUT2D eigenvalue weighted by Crippen LogP contribution is -2.30.